The van der Waals surface area contributed by atoms with Crippen LogP contribution in [0.25, 0.3) is 0 Å². The number of likely N-dealkylation sites (N-methyl/N-ethyl adjacent to an activating group) is 2. The first-order valence-corrected chi connectivity index (χ1v) is 9.91. The molecule has 30 heavy (non-hydrogen) atoms. The van der Waals surface area contributed by atoms with Crippen LogP contribution in [0.15, 0.2) is 24.4 Å². The number of hydrogen-bond acceptors (Lipinski definition) is 8. The number of piperazine rings is 1. The summed E-state index contributed by atoms with van der Waals surface area (Å²) in [5.41, 5.74) is 1.22. The second kappa shape index (κ2) is 8.33. The molecule has 2 aliphatic rings. The molecule has 2 aromatic rings. The standard InChI is InChI=1S/C19H22ClN7O3/c1-21-17(28)15-18(29)26(2)13-4-3-11(9-14(13)30-15)24-16-12(20)10-23-19(25-16)27-7-5-22-6-8-27/h3-4,9-10,15,22H,5-8H2,1-2H3,(H,21,28)(H,23,24,25). The average molecular weight is 432 g/mol. The highest BCUT2D eigenvalue weighted by Gasteiger charge is 2.37. The topological polar surface area (TPSA) is 112 Å². The van der Waals surface area contributed by atoms with Gasteiger partial charge in [-0.3, -0.25) is 9.59 Å². The predicted molar refractivity (Wildman–Crippen MR) is 114 cm³/mol. The van der Waals surface area contributed by atoms with Crippen molar-refractivity contribution < 1.29 is 14.3 Å². The van der Waals surface area contributed by atoms with E-state index in [4.69, 9.17) is 16.3 Å². The van der Waals surface area contributed by atoms with Gasteiger partial charge in [-0.15, -0.1) is 0 Å². The maximum atomic E-state index is 12.4. The van der Waals surface area contributed by atoms with E-state index in [2.05, 4.69) is 30.8 Å². The van der Waals surface area contributed by atoms with Gasteiger partial charge in [-0.25, -0.2) is 4.98 Å². The zero-order valence-electron chi connectivity index (χ0n) is 16.6. The van der Waals surface area contributed by atoms with Crippen LogP contribution in [0, 0.1) is 0 Å². The van der Waals surface area contributed by atoms with Gasteiger partial charge < -0.3 is 30.5 Å². The first-order chi connectivity index (χ1) is 14.5. The molecule has 0 aliphatic carbocycles. The SMILES string of the molecule is CNC(=O)C1Oc2cc(Nc3nc(N4CCNCC4)ncc3Cl)ccc2N(C)C1=O. The molecule has 4 rings (SSSR count). The number of benzene rings is 1. The van der Waals surface area contributed by atoms with Gasteiger partial charge in [0.05, 0.1) is 11.9 Å². The minimum atomic E-state index is -1.23. The van der Waals surface area contributed by atoms with Gasteiger partial charge in [0.15, 0.2) is 5.82 Å². The summed E-state index contributed by atoms with van der Waals surface area (Å²) in [6, 6.07) is 5.23. The number of rotatable bonds is 4. The van der Waals surface area contributed by atoms with Crippen LogP contribution < -0.4 is 30.5 Å². The smallest absolute Gasteiger partial charge is 0.277 e. The Morgan fingerprint density at radius 1 is 1.33 bits per heavy atom. The molecule has 1 aromatic carbocycles. The summed E-state index contributed by atoms with van der Waals surface area (Å²) in [6.07, 6.45) is 0.335. The molecule has 3 N–H and O–H groups in total. The fourth-order valence-electron chi connectivity index (χ4n) is 3.33. The van der Waals surface area contributed by atoms with Crippen LogP contribution in [-0.2, 0) is 9.59 Å². The van der Waals surface area contributed by atoms with Gasteiger partial charge in [0.2, 0.25) is 5.95 Å². The second-order valence-corrected chi connectivity index (χ2v) is 7.33. The van der Waals surface area contributed by atoms with E-state index < -0.39 is 17.9 Å². The minimum Gasteiger partial charge on any atom is -0.468 e. The summed E-state index contributed by atoms with van der Waals surface area (Å²) in [5.74, 6) is 0.534. The number of anilines is 4. The Morgan fingerprint density at radius 2 is 2.10 bits per heavy atom. The Morgan fingerprint density at radius 3 is 2.83 bits per heavy atom. The Hall–Kier alpha value is -3.11. The molecule has 10 nitrogen and oxygen atoms in total. The molecule has 0 saturated carbocycles. The number of carbonyl (C=O) groups is 2. The van der Waals surface area contributed by atoms with E-state index in [-0.39, 0.29) is 0 Å². The van der Waals surface area contributed by atoms with Crippen molar-refractivity contribution in [3.05, 3.63) is 29.4 Å². The molecule has 0 radical (unpaired) electrons. The summed E-state index contributed by atoms with van der Waals surface area (Å²) >= 11 is 6.30. The summed E-state index contributed by atoms with van der Waals surface area (Å²) in [6.45, 7) is 3.37. The monoisotopic (exact) mass is 431 g/mol. The number of hydrogen-bond donors (Lipinski definition) is 3. The lowest BCUT2D eigenvalue weighted by molar-refractivity contribution is -0.138. The van der Waals surface area contributed by atoms with Gasteiger partial charge in [0.25, 0.3) is 17.9 Å². The van der Waals surface area contributed by atoms with E-state index in [0.717, 1.165) is 26.2 Å². The predicted octanol–water partition coefficient (Wildman–Crippen LogP) is 0.753. The number of aromatic nitrogens is 2. The minimum absolute atomic E-state index is 0.378. The number of nitrogens with one attached hydrogen (secondary N) is 3. The van der Waals surface area contributed by atoms with E-state index in [9.17, 15) is 9.59 Å². The van der Waals surface area contributed by atoms with Crippen molar-refractivity contribution in [1.82, 2.24) is 20.6 Å². The summed E-state index contributed by atoms with van der Waals surface area (Å²) < 4.78 is 5.67. The zero-order valence-corrected chi connectivity index (χ0v) is 17.4. The fraction of sp³-hybridized carbons (Fsp3) is 0.368. The van der Waals surface area contributed by atoms with Crippen molar-refractivity contribution in [1.29, 1.82) is 0 Å². The van der Waals surface area contributed by atoms with Crippen molar-refractivity contribution in [2.45, 2.75) is 6.10 Å². The molecule has 1 fully saturated rings. The fourth-order valence-corrected chi connectivity index (χ4v) is 3.47. The maximum absolute atomic E-state index is 12.4. The van der Waals surface area contributed by atoms with Crippen molar-refractivity contribution in [2.24, 2.45) is 0 Å². The lowest BCUT2D eigenvalue weighted by atomic mass is 10.1. The number of amides is 2. The highest BCUT2D eigenvalue weighted by molar-refractivity contribution is 6.32. The molecule has 1 aromatic heterocycles. The second-order valence-electron chi connectivity index (χ2n) is 6.92. The van der Waals surface area contributed by atoms with Crippen LogP contribution in [-0.4, -0.2) is 68.2 Å². The van der Waals surface area contributed by atoms with Crippen LogP contribution in [0.3, 0.4) is 0 Å². The number of carbonyl (C=O) groups excluding carboxylic acids is 2. The molecule has 1 saturated heterocycles. The Balaban J connectivity index is 1.59. The highest BCUT2D eigenvalue weighted by atomic mass is 35.5. The molecule has 0 spiro atoms. The van der Waals surface area contributed by atoms with Gasteiger partial charge >= 0.3 is 0 Å². The summed E-state index contributed by atoms with van der Waals surface area (Å²) in [4.78, 5) is 36.8. The quantitative estimate of drug-likeness (QED) is 0.608. The van der Waals surface area contributed by atoms with E-state index >= 15 is 0 Å². The highest BCUT2D eigenvalue weighted by Crippen LogP contribution is 2.37. The van der Waals surface area contributed by atoms with Crippen molar-refractivity contribution in [3.8, 4) is 5.75 Å². The first-order valence-electron chi connectivity index (χ1n) is 9.53. The number of ether oxygens (including phenoxy) is 1. The lowest BCUT2D eigenvalue weighted by Crippen LogP contribution is -2.51. The van der Waals surface area contributed by atoms with Crippen LogP contribution in [0.1, 0.15) is 0 Å². The molecular formula is C19H22ClN7O3. The lowest BCUT2D eigenvalue weighted by Gasteiger charge is -2.31. The molecule has 2 aliphatic heterocycles. The van der Waals surface area contributed by atoms with E-state index in [0.29, 0.717) is 33.9 Å². The maximum Gasteiger partial charge on any atom is 0.277 e. The molecule has 1 unspecified atom stereocenters. The third-order valence-corrected chi connectivity index (χ3v) is 5.28. The molecule has 2 amide bonds. The molecular weight excluding hydrogens is 410 g/mol. The van der Waals surface area contributed by atoms with Gasteiger partial charge in [0, 0.05) is 52.0 Å². The largest absolute Gasteiger partial charge is 0.468 e. The number of halogens is 1. The summed E-state index contributed by atoms with van der Waals surface area (Å²) in [5, 5.41) is 9.29. The first kappa shape index (κ1) is 20.2. The van der Waals surface area contributed by atoms with Gasteiger partial charge in [-0.2, -0.15) is 4.98 Å². The van der Waals surface area contributed by atoms with Crippen LogP contribution >= 0.6 is 11.6 Å². The van der Waals surface area contributed by atoms with Crippen molar-refractivity contribution >= 4 is 46.6 Å². The van der Waals surface area contributed by atoms with E-state index in [1.54, 1.807) is 31.4 Å². The molecule has 11 heteroatoms. The van der Waals surface area contributed by atoms with Gasteiger partial charge in [-0.05, 0) is 12.1 Å². The molecule has 1 atom stereocenters. The van der Waals surface area contributed by atoms with E-state index in [1.807, 2.05) is 0 Å². The van der Waals surface area contributed by atoms with E-state index in [1.165, 1.54) is 11.9 Å². The third kappa shape index (κ3) is 3.83. The van der Waals surface area contributed by atoms with Crippen LogP contribution in [0.2, 0.25) is 5.02 Å². The number of nitrogens with zero attached hydrogens (tertiary/aromatic N) is 4. The molecule has 0 bridgehead atoms. The van der Waals surface area contributed by atoms with Crippen LogP contribution in [0.4, 0.5) is 23.1 Å². The van der Waals surface area contributed by atoms with Gasteiger partial charge in [-0.1, -0.05) is 11.6 Å². The van der Waals surface area contributed by atoms with Gasteiger partial charge in [0.1, 0.15) is 10.8 Å². The average Bonchev–Trinajstić information content (AvgIpc) is 2.77. The normalized spacial score (nSPS) is 18.5. The zero-order chi connectivity index (χ0) is 21.3. The summed E-state index contributed by atoms with van der Waals surface area (Å²) in [7, 11) is 3.06. The molecule has 3 heterocycles. The Labute approximate surface area is 178 Å². The van der Waals surface area contributed by atoms with Crippen molar-refractivity contribution in [3.63, 3.8) is 0 Å². The molecule has 158 valence electrons. The number of fused-ring (bicyclic) bond motifs is 1. The van der Waals surface area contributed by atoms with Crippen LogP contribution in [0.5, 0.6) is 5.75 Å². The third-order valence-electron chi connectivity index (χ3n) is 5.00. The Bertz CT molecular complexity index is 981. The van der Waals surface area contributed by atoms with Crippen molar-refractivity contribution in [2.75, 3.05) is 55.4 Å². The Kier molecular flexibility index (Phi) is 5.60.